The molecule has 0 saturated heterocycles. The summed E-state index contributed by atoms with van der Waals surface area (Å²) in [6, 6.07) is 15.3. The first kappa shape index (κ1) is 17.2. The molecule has 1 aliphatic rings. The van der Waals surface area contributed by atoms with Crippen molar-refractivity contribution in [3.8, 4) is 0 Å². The molecule has 0 bridgehead atoms. The molecule has 0 heterocycles. The second-order valence-electron chi connectivity index (χ2n) is 6.62. The molecule has 1 atom stereocenters. The van der Waals surface area contributed by atoms with Crippen molar-refractivity contribution in [2.45, 2.75) is 25.3 Å². The number of likely N-dealkylation sites (N-methyl/N-ethyl adjacent to an activating group) is 1. The van der Waals surface area contributed by atoms with E-state index in [2.05, 4.69) is 16.7 Å². The van der Waals surface area contributed by atoms with Gasteiger partial charge in [-0.05, 0) is 62.3 Å². The molecule has 0 radical (unpaired) electrons. The van der Waals surface area contributed by atoms with Crippen LogP contribution >= 0.6 is 0 Å². The summed E-state index contributed by atoms with van der Waals surface area (Å²) in [5.41, 5.74) is 3.07. The third-order valence-corrected chi connectivity index (χ3v) is 4.82. The number of nitrogens with one attached hydrogen (secondary N) is 2. The van der Waals surface area contributed by atoms with Crippen LogP contribution in [0.4, 0.5) is 11.4 Å². The smallest absolute Gasteiger partial charge is 0.249 e. The number of carbonyl (C=O) groups excluding carboxylic acids is 2. The van der Waals surface area contributed by atoms with Crippen LogP contribution in [0.2, 0.25) is 0 Å². The summed E-state index contributed by atoms with van der Waals surface area (Å²) >= 11 is 0. The van der Waals surface area contributed by atoms with E-state index in [1.807, 2.05) is 37.2 Å². The predicted molar refractivity (Wildman–Crippen MR) is 99.5 cm³/mol. The van der Waals surface area contributed by atoms with Gasteiger partial charge in [0.25, 0.3) is 0 Å². The zero-order chi connectivity index (χ0) is 18.0. The normalized spacial score (nSPS) is 18.7. The van der Waals surface area contributed by atoms with Gasteiger partial charge in [0.2, 0.25) is 11.8 Å². The minimum atomic E-state index is -0.660. The summed E-state index contributed by atoms with van der Waals surface area (Å²) in [7, 11) is 3.89. The molecule has 5 nitrogen and oxygen atoms in total. The lowest BCUT2D eigenvalue weighted by Gasteiger charge is -2.35. The van der Waals surface area contributed by atoms with Crippen molar-refractivity contribution in [3.05, 3.63) is 59.7 Å². The van der Waals surface area contributed by atoms with Crippen molar-refractivity contribution in [3.63, 3.8) is 0 Å². The van der Waals surface area contributed by atoms with Crippen molar-refractivity contribution in [1.29, 1.82) is 0 Å². The number of rotatable bonds is 4. The SMILES string of the molecule is CC(=O)Nc1ccc(NC(=O)[C@]2(N(C)C)CCc3ccccc32)cc1. The number of carbonyl (C=O) groups is 2. The Morgan fingerprint density at radius 3 is 2.16 bits per heavy atom. The molecule has 2 N–H and O–H groups in total. The van der Waals surface area contributed by atoms with Crippen LogP contribution in [0, 0.1) is 0 Å². The van der Waals surface area contributed by atoms with E-state index >= 15 is 0 Å². The molecule has 1 aliphatic carbocycles. The Balaban J connectivity index is 1.85. The molecule has 2 aromatic rings. The predicted octanol–water partition coefficient (Wildman–Crippen LogP) is 2.99. The van der Waals surface area contributed by atoms with Gasteiger partial charge in [-0.2, -0.15) is 0 Å². The highest BCUT2D eigenvalue weighted by Crippen LogP contribution is 2.41. The maximum atomic E-state index is 13.2. The molecule has 0 saturated carbocycles. The summed E-state index contributed by atoms with van der Waals surface area (Å²) < 4.78 is 0. The molecule has 2 aromatic carbocycles. The van der Waals surface area contributed by atoms with E-state index in [9.17, 15) is 9.59 Å². The molecule has 0 aromatic heterocycles. The van der Waals surface area contributed by atoms with Gasteiger partial charge < -0.3 is 10.6 Å². The van der Waals surface area contributed by atoms with E-state index in [0.717, 1.165) is 18.4 Å². The first-order chi connectivity index (χ1) is 11.9. The van der Waals surface area contributed by atoms with E-state index in [4.69, 9.17) is 0 Å². The van der Waals surface area contributed by atoms with Gasteiger partial charge in [-0.3, -0.25) is 14.5 Å². The first-order valence-corrected chi connectivity index (χ1v) is 8.38. The lowest BCUT2D eigenvalue weighted by atomic mass is 9.89. The average molecular weight is 337 g/mol. The highest BCUT2D eigenvalue weighted by Gasteiger charge is 2.47. The fourth-order valence-corrected chi connectivity index (χ4v) is 3.57. The minimum absolute atomic E-state index is 0.0327. The van der Waals surface area contributed by atoms with Crippen LogP contribution < -0.4 is 10.6 Å². The van der Waals surface area contributed by atoms with E-state index in [1.165, 1.54) is 12.5 Å². The van der Waals surface area contributed by atoms with Gasteiger partial charge in [-0.1, -0.05) is 24.3 Å². The Morgan fingerprint density at radius 2 is 1.56 bits per heavy atom. The van der Waals surface area contributed by atoms with Gasteiger partial charge in [-0.15, -0.1) is 0 Å². The number of hydrogen-bond donors (Lipinski definition) is 2. The van der Waals surface area contributed by atoms with Gasteiger partial charge in [0.05, 0.1) is 0 Å². The second-order valence-corrected chi connectivity index (χ2v) is 6.62. The summed E-state index contributed by atoms with van der Waals surface area (Å²) in [6.45, 7) is 1.47. The zero-order valence-electron chi connectivity index (χ0n) is 14.8. The standard InChI is InChI=1S/C20H23N3O2/c1-14(24)21-16-8-10-17(11-9-16)22-19(25)20(23(2)3)13-12-15-6-4-5-7-18(15)20/h4-11H,12-13H2,1-3H3,(H,21,24)(H,22,25)/t20-/m0/s1. The van der Waals surface area contributed by atoms with E-state index in [-0.39, 0.29) is 11.8 Å². The van der Waals surface area contributed by atoms with Crippen molar-refractivity contribution in [2.75, 3.05) is 24.7 Å². The van der Waals surface area contributed by atoms with Crippen LogP contribution in [0.5, 0.6) is 0 Å². The van der Waals surface area contributed by atoms with Gasteiger partial charge in [0.1, 0.15) is 5.54 Å². The molecular formula is C20H23N3O2. The van der Waals surface area contributed by atoms with Crippen LogP contribution in [0.3, 0.4) is 0 Å². The van der Waals surface area contributed by atoms with Gasteiger partial charge in [-0.25, -0.2) is 0 Å². The van der Waals surface area contributed by atoms with E-state index in [0.29, 0.717) is 11.4 Å². The first-order valence-electron chi connectivity index (χ1n) is 8.38. The lowest BCUT2D eigenvalue weighted by Crippen LogP contribution is -2.49. The number of amides is 2. The summed E-state index contributed by atoms with van der Waals surface area (Å²) in [4.78, 5) is 26.3. The quantitative estimate of drug-likeness (QED) is 0.902. The Morgan fingerprint density at radius 1 is 0.960 bits per heavy atom. The maximum absolute atomic E-state index is 13.2. The Hall–Kier alpha value is -2.66. The van der Waals surface area contributed by atoms with Crippen LogP contribution in [-0.2, 0) is 21.5 Å². The molecule has 5 heteroatoms. The lowest BCUT2D eigenvalue weighted by molar-refractivity contribution is -0.127. The average Bonchev–Trinajstić information content (AvgIpc) is 2.97. The fraction of sp³-hybridized carbons (Fsp3) is 0.300. The number of aryl methyl sites for hydroxylation is 1. The summed E-state index contributed by atoms with van der Waals surface area (Å²) in [6.07, 6.45) is 1.65. The van der Waals surface area contributed by atoms with Crippen LogP contribution in [0.15, 0.2) is 48.5 Å². The third kappa shape index (κ3) is 3.15. The summed E-state index contributed by atoms with van der Waals surface area (Å²) in [5.74, 6) is -0.152. The van der Waals surface area contributed by atoms with Crippen molar-refractivity contribution < 1.29 is 9.59 Å². The fourth-order valence-electron chi connectivity index (χ4n) is 3.57. The number of hydrogen-bond acceptors (Lipinski definition) is 3. The minimum Gasteiger partial charge on any atom is -0.326 e. The largest absolute Gasteiger partial charge is 0.326 e. The van der Waals surface area contributed by atoms with Crippen LogP contribution in [0.25, 0.3) is 0 Å². The van der Waals surface area contributed by atoms with Crippen molar-refractivity contribution >= 4 is 23.2 Å². The number of anilines is 2. The number of fused-ring (bicyclic) bond motifs is 1. The zero-order valence-corrected chi connectivity index (χ0v) is 14.8. The Labute approximate surface area is 148 Å². The molecule has 0 aliphatic heterocycles. The Kier molecular flexibility index (Phi) is 4.59. The Bertz CT molecular complexity index is 799. The highest BCUT2D eigenvalue weighted by atomic mass is 16.2. The molecule has 0 fully saturated rings. The molecule has 25 heavy (non-hydrogen) atoms. The molecular weight excluding hydrogens is 314 g/mol. The topological polar surface area (TPSA) is 61.4 Å². The van der Waals surface area contributed by atoms with Crippen molar-refractivity contribution in [1.82, 2.24) is 4.90 Å². The molecule has 0 spiro atoms. The van der Waals surface area contributed by atoms with Gasteiger partial charge >= 0.3 is 0 Å². The monoisotopic (exact) mass is 337 g/mol. The summed E-state index contributed by atoms with van der Waals surface area (Å²) in [5, 5.41) is 5.75. The number of benzene rings is 2. The van der Waals surface area contributed by atoms with Crippen LogP contribution in [-0.4, -0.2) is 30.8 Å². The van der Waals surface area contributed by atoms with Crippen molar-refractivity contribution in [2.24, 2.45) is 0 Å². The third-order valence-electron chi connectivity index (χ3n) is 4.82. The molecule has 3 rings (SSSR count). The highest BCUT2D eigenvalue weighted by molar-refractivity contribution is 6.00. The molecule has 2 amide bonds. The van der Waals surface area contributed by atoms with Gasteiger partial charge in [0.15, 0.2) is 0 Å². The van der Waals surface area contributed by atoms with E-state index in [1.54, 1.807) is 24.3 Å². The van der Waals surface area contributed by atoms with Crippen LogP contribution in [0.1, 0.15) is 24.5 Å². The second kappa shape index (κ2) is 6.69. The maximum Gasteiger partial charge on any atom is 0.249 e. The molecule has 130 valence electrons. The van der Waals surface area contributed by atoms with E-state index < -0.39 is 5.54 Å². The number of nitrogens with zero attached hydrogens (tertiary/aromatic N) is 1. The molecule has 0 unspecified atom stereocenters. The van der Waals surface area contributed by atoms with Gasteiger partial charge in [0, 0.05) is 18.3 Å².